The summed E-state index contributed by atoms with van der Waals surface area (Å²) in [5.41, 5.74) is 0.720. The number of rotatable bonds is 3. The minimum absolute atomic E-state index is 0.488. The number of aliphatic hydroxyl groups excluding tert-OH is 1. The average Bonchev–Trinajstić information content (AvgIpc) is 2.64. The minimum Gasteiger partial charge on any atom is -0.387 e. The Labute approximate surface area is 80.6 Å². The van der Waals surface area contributed by atoms with Crippen molar-refractivity contribution >= 4 is 5.78 Å². The molecule has 1 unspecified atom stereocenters. The zero-order valence-corrected chi connectivity index (χ0v) is 7.75. The lowest BCUT2D eigenvalue weighted by Gasteiger charge is -2.08. The topological polar surface area (TPSA) is 75.3 Å². The number of hydrogen-bond acceptors (Lipinski definition) is 5. The highest BCUT2D eigenvalue weighted by molar-refractivity contribution is 5.26. The van der Waals surface area contributed by atoms with Crippen LogP contribution in [0.1, 0.15) is 11.7 Å². The van der Waals surface area contributed by atoms with E-state index in [-0.39, 0.29) is 0 Å². The molecule has 0 bridgehead atoms. The lowest BCUT2D eigenvalue weighted by atomic mass is 10.2. The third-order valence-electron chi connectivity index (χ3n) is 1.94. The predicted octanol–water partition coefficient (Wildman–Crippen LogP) is -0.623. The summed E-state index contributed by atoms with van der Waals surface area (Å²) in [6, 6.07) is 0. The van der Waals surface area contributed by atoms with Crippen molar-refractivity contribution in [2.24, 2.45) is 0 Å². The quantitative estimate of drug-likeness (QED) is 0.679. The van der Waals surface area contributed by atoms with Gasteiger partial charge in [-0.3, -0.25) is 0 Å². The second kappa shape index (κ2) is 3.69. The standard InChI is InChI=1S/C8H11N5O/c1-9-3-7(14)6-2-10-8-11-5-12-13(8)4-6/h2,4-5,7,9,14H,3H2,1H3. The molecule has 2 aromatic heterocycles. The van der Waals surface area contributed by atoms with Gasteiger partial charge in [-0.1, -0.05) is 0 Å². The lowest BCUT2D eigenvalue weighted by Crippen LogP contribution is -2.17. The Kier molecular flexibility index (Phi) is 2.38. The molecule has 0 radical (unpaired) electrons. The van der Waals surface area contributed by atoms with Crippen molar-refractivity contribution in [2.75, 3.05) is 13.6 Å². The van der Waals surface area contributed by atoms with Gasteiger partial charge in [0.2, 0.25) is 0 Å². The molecule has 6 nitrogen and oxygen atoms in total. The summed E-state index contributed by atoms with van der Waals surface area (Å²) in [5.74, 6) is 0.533. The van der Waals surface area contributed by atoms with Crippen molar-refractivity contribution in [1.29, 1.82) is 0 Å². The summed E-state index contributed by atoms with van der Waals surface area (Å²) in [5, 5.41) is 16.5. The first-order valence-corrected chi connectivity index (χ1v) is 4.29. The smallest absolute Gasteiger partial charge is 0.252 e. The Morgan fingerprint density at radius 3 is 3.21 bits per heavy atom. The molecule has 0 saturated carbocycles. The summed E-state index contributed by atoms with van der Waals surface area (Å²) in [6.07, 6.45) is 4.18. The summed E-state index contributed by atoms with van der Waals surface area (Å²) in [4.78, 5) is 7.95. The molecule has 0 amide bonds. The summed E-state index contributed by atoms with van der Waals surface area (Å²) in [7, 11) is 1.78. The first-order valence-electron chi connectivity index (χ1n) is 4.29. The van der Waals surface area contributed by atoms with Gasteiger partial charge >= 0.3 is 0 Å². The fourth-order valence-corrected chi connectivity index (χ4v) is 1.22. The van der Waals surface area contributed by atoms with E-state index in [9.17, 15) is 5.11 Å². The minimum atomic E-state index is -0.568. The van der Waals surface area contributed by atoms with Crippen LogP contribution in [0.4, 0.5) is 0 Å². The van der Waals surface area contributed by atoms with Gasteiger partial charge < -0.3 is 10.4 Å². The molecule has 0 aliphatic heterocycles. The molecule has 2 rings (SSSR count). The van der Waals surface area contributed by atoms with Gasteiger partial charge in [-0.05, 0) is 7.05 Å². The molecule has 74 valence electrons. The van der Waals surface area contributed by atoms with E-state index in [2.05, 4.69) is 20.4 Å². The molecular formula is C8H11N5O. The van der Waals surface area contributed by atoms with Crippen LogP contribution >= 0.6 is 0 Å². The van der Waals surface area contributed by atoms with Crippen LogP contribution in [0.25, 0.3) is 5.78 Å². The fraction of sp³-hybridized carbons (Fsp3) is 0.375. The molecule has 0 aromatic carbocycles. The maximum atomic E-state index is 9.65. The van der Waals surface area contributed by atoms with E-state index in [1.807, 2.05) is 0 Å². The highest BCUT2D eigenvalue weighted by atomic mass is 16.3. The molecule has 2 heterocycles. The van der Waals surface area contributed by atoms with Crippen molar-refractivity contribution in [3.8, 4) is 0 Å². The van der Waals surface area contributed by atoms with Crippen molar-refractivity contribution in [2.45, 2.75) is 6.10 Å². The van der Waals surface area contributed by atoms with Gasteiger partial charge in [0.25, 0.3) is 5.78 Å². The van der Waals surface area contributed by atoms with Crippen LogP contribution in [0.2, 0.25) is 0 Å². The molecule has 2 N–H and O–H groups in total. The Morgan fingerprint density at radius 1 is 1.57 bits per heavy atom. The van der Waals surface area contributed by atoms with Gasteiger partial charge in [0.05, 0.1) is 6.10 Å². The Morgan fingerprint density at radius 2 is 2.43 bits per heavy atom. The van der Waals surface area contributed by atoms with Crippen LogP contribution < -0.4 is 5.32 Å². The van der Waals surface area contributed by atoms with E-state index in [1.54, 1.807) is 19.4 Å². The molecule has 1 atom stereocenters. The predicted molar refractivity (Wildman–Crippen MR) is 49.7 cm³/mol. The third-order valence-corrected chi connectivity index (χ3v) is 1.94. The number of nitrogens with one attached hydrogen (secondary N) is 1. The second-order valence-corrected chi connectivity index (χ2v) is 2.97. The van der Waals surface area contributed by atoms with E-state index in [0.29, 0.717) is 12.3 Å². The first kappa shape index (κ1) is 9.04. The van der Waals surface area contributed by atoms with Gasteiger partial charge in [0.1, 0.15) is 6.33 Å². The highest BCUT2D eigenvalue weighted by Crippen LogP contribution is 2.09. The van der Waals surface area contributed by atoms with Gasteiger partial charge in [0.15, 0.2) is 0 Å². The summed E-state index contributed by atoms with van der Waals surface area (Å²) < 4.78 is 1.54. The Balaban J connectivity index is 2.33. The number of aromatic nitrogens is 4. The number of nitrogens with zero attached hydrogens (tertiary/aromatic N) is 4. The lowest BCUT2D eigenvalue weighted by molar-refractivity contribution is 0.176. The fourth-order valence-electron chi connectivity index (χ4n) is 1.22. The van der Waals surface area contributed by atoms with E-state index < -0.39 is 6.10 Å². The van der Waals surface area contributed by atoms with Crippen LogP contribution in [0.15, 0.2) is 18.7 Å². The maximum absolute atomic E-state index is 9.65. The van der Waals surface area contributed by atoms with Crippen LogP contribution in [0.3, 0.4) is 0 Å². The average molecular weight is 193 g/mol. The van der Waals surface area contributed by atoms with Crippen molar-refractivity contribution in [3.05, 3.63) is 24.3 Å². The number of hydrogen-bond donors (Lipinski definition) is 2. The third kappa shape index (κ3) is 1.57. The van der Waals surface area contributed by atoms with Gasteiger partial charge in [-0.2, -0.15) is 10.1 Å². The summed E-state index contributed by atoms with van der Waals surface area (Å²) in [6.45, 7) is 0.488. The molecule has 0 saturated heterocycles. The van der Waals surface area contributed by atoms with Crippen LogP contribution in [-0.2, 0) is 0 Å². The monoisotopic (exact) mass is 193 g/mol. The molecule has 14 heavy (non-hydrogen) atoms. The van der Waals surface area contributed by atoms with Crippen molar-refractivity contribution in [3.63, 3.8) is 0 Å². The van der Waals surface area contributed by atoms with E-state index in [4.69, 9.17) is 0 Å². The molecule has 2 aromatic rings. The van der Waals surface area contributed by atoms with Gasteiger partial charge in [0, 0.05) is 24.5 Å². The molecule has 0 aliphatic carbocycles. The van der Waals surface area contributed by atoms with Gasteiger partial charge in [-0.25, -0.2) is 9.50 Å². The van der Waals surface area contributed by atoms with Gasteiger partial charge in [-0.15, -0.1) is 0 Å². The Bertz CT molecular complexity index is 426. The highest BCUT2D eigenvalue weighted by Gasteiger charge is 2.08. The van der Waals surface area contributed by atoms with E-state index in [0.717, 1.165) is 5.56 Å². The molecule has 0 aliphatic rings. The molecule has 0 spiro atoms. The first-order chi connectivity index (χ1) is 6.81. The summed E-state index contributed by atoms with van der Waals surface area (Å²) >= 11 is 0. The van der Waals surface area contributed by atoms with E-state index >= 15 is 0 Å². The zero-order valence-electron chi connectivity index (χ0n) is 7.75. The Hall–Kier alpha value is -1.53. The largest absolute Gasteiger partial charge is 0.387 e. The zero-order chi connectivity index (χ0) is 9.97. The number of aliphatic hydroxyl groups is 1. The van der Waals surface area contributed by atoms with E-state index in [1.165, 1.54) is 10.8 Å². The molecular weight excluding hydrogens is 182 g/mol. The normalized spacial score (nSPS) is 13.3. The maximum Gasteiger partial charge on any atom is 0.252 e. The SMILES string of the molecule is CNCC(O)c1cnc2ncnn2c1. The number of fused-ring (bicyclic) bond motifs is 1. The molecule has 0 fully saturated rings. The van der Waals surface area contributed by atoms with Crippen LogP contribution in [-0.4, -0.2) is 38.3 Å². The molecule has 6 heteroatoms. The van der Waals surface area contributed by atoms with Crippen molar-refractivity contribution < 1.29 is 5.11 Å². The van der Waals surface area contributed by atoms with Crippen LogP contribution in [0, 0.1) is 0 Å². The second-order valence-electron chi connectivity index (χ2n) is 2.97. The van der Waals surface area contributed by atoms with Crippen molar-refractivity contribution in [1.82, 2.24) is 24.9 Å². The number of likely N-dealkylation sites (N-methyl/N-ethyl adjacent to an activating group) is 1. The van der Waals surface area contributed by atoms with Crippen LogP contribution in [0.5, 0.6) is 0 Å².